The van der Waals surface area contributed by atoms with Crippen molar-refractivity contribution in [3.05, 3.63) is 11.9 Å². The molecule has 1 aromatic heterocycles. The van der Waals surface area contributed by atoms with E-state index in [4.69, 9.17) is 0 Å². The third-order valence-electron chi connectivity index (χ3n) is 2.20. The van der Waals surface area contributed by atoms with Crippen LogP contribution in [0.15, 0.2) is 6.20 Å². The first-order valence-corrected chi connectivity index (χ1v) is 8.48. The third-order valence-corrected chi connectivity index (χ3v) is 4.23. The molecular formula is C10H20N2Si. The summed E-state index contributed by atoms with van der Waals surface area (Å²) in [6, 6.07) is 0. The van der Waals surface area contributed by atoms with Crippen LogP contribution in [0.5, 0.6) is 0 Å². The maximum absolute atomic E-state index is 4.52. The standard InChI is InChI=1S/C10H20N2Si/c1-6-7-9-10(13(3,4)5)8-12(2)11-9/h8H,6-7H2,1-5H3. The predicted molar refractivity (Wildman–Crippen MR) is 60.2 cm³/mol. The molecule has 0 aromatic carbocycles. The topological polar surface area (TPSA) is 17.8 Å². The SMILES string of the molecule is CCCc1nn(C)cc1[Si](C)(C)C. The van der Waals surface area contributed by atoms with Crippen LogP contribution in [0, 0.1) is 0 Å². The molecule has 0 fully saturated rings. The molecule has 0 bridgehead atoms. The molecule has 2 nitrogen and oxygen atoms in total. The quantitative estimate of drug-likeness (QED) is 0.675. The van der Waals surface area contributed by atoms with Crippen LogP contribution in [-0.2, 0) is 13.5 Å². The van der Waals surface area contributed by atoms with Crippen LogP contribution in [0.3, 0.4) is 0 Å². The van der Waals surface area contributed by atoms with E-state index in [1.165, 1.54) is 17.3 Å². The lowest BCUT2D eigenvalue weighted by molar-refractivity contribution is 0.733. The van der Waals surface area contributed by atoms with Gasteiger partial charge in [0.25, 0.3) is 0 Å². The van der Waals surface area contributed by atoms with E-state index in [9.17, 15) is 0 Å². The second-order valence-corrected chi connectivity index (χ2v) is 9.70. The lowest BCUT2D eigenvalue weighted by Crippen LogP contribution is -2.39. The Bertz CT molecular complexity index is 284. The molecule has 0 radical (unpaired) electrons. The van der Waals surface area contributed by atoms with E-state index in [-0.39, 0.29) is 0 Å². The highest BCUT2D eigenvalue weighted by atomic mass is 28.3. The van der Waals surface area contributed by atoms with E-state index >= 15 is 0 Å². The van der Waals surface area contributed by atoms with Gasteiger partial charge in [-0.05, 0) is 11.6 Å². The Morgan fingerprint density at radius 2 is 2.00 bits per heavy atom. The second kappa shape index (κ2) is 3.66. The first-order chi connectivity index (χ1) is 5.95. The molecule has 0 aliphatic carbocycles. The van der Waals surface area contributed by atoms with Crippen LogP contribution in [0.25, 0.3) is 0 Å². The van der Waals surface area contributed by atoms with Gasteiger partial charge in [0.15, 0.2) is 0 Å². The zero-order valence-corrected chi connectivity index (χ0v) is 10.4. The highest BCUT2D eigenvalue weighted by Crippen LogP contribution is 2.07. The minimum Gasteiger partial charge on any atom is -0.276 e. The van der Waals surface area contributed by atoms with E-state index in [1.54, 1.807) is 0 Å². The van der Waals surface area contributed by atoms with Crippen LogP contribution in [0.2, 0.25) is 19.6 Å². The molecule has 3 heteroatoms. The van der Waals surface area contributed by atoms with E-state index < -0.39 is 8.07 Å². The molecule has 0 unspecified atom stereocenters. The summed E-state index contributed by atoms with van der Waals surface area (Å²) in [5, 5.41) is 6.04. The molecule has 0 saturated carbocycles. The average Bonchev–Trinajstić information content (AvgIpc) is 2.30. The molecule has 0 amide bonds. The Kier molecular flexibility index (Phi) is 2.96. The summed E-state index contributed by atoms with van der Waals surface area (Å²) >= 11 is 0. The Hall–Kier alpha value is -0.573. The molecule has 0 aliphatic rings. The van der Waals surface area contributed by atoms with Gasteiger partial charge in [0.2, 0.25) is 0 Å². The maximum atomic E-state index is 4.52. The fourth-order valence-corrected chi connectivity index (χ4v) is 3.20. The van der Waals surface area contributed by atoms with Gasteiger partial charge in [-0.3, -0.25) is 4.68 Å². The molecule has 74 valence electrons. The van der Waals surface area contributed by atoms with Gasteiger partial charge in [0, 0.05) is 13.2 Å². The van der Waals surface area contributed by atoms with Crippen LogP contribution in [0.4, 0.5) is 0 Å². The summed E-state index contributed by atoms with van der Waals surface area (Å²) in [6.45, 7) is 9.35. The summed E-state index contributed by atoms with van der Waals surface area (Å²) in [6.07, 6.45) is 4.52. The number of aromatic nitrogens is 2. The van der Waals surface area contributed by atoms with Crippen molar-refractivity contribution >= 4 is 13.3 Å². The number of rotatable bonds is 3. The van der Waals surface area contributed by atoms with Crippen molar-refractivity contribution in [1.29, 1.82) is 0 Å². The fraction of sp³-hybridized carbons (Fsp3) is 0.700. The number of nitrogens with zero attached hydrogens (tertiary/aromatic N) is 2. The third kappa shape index (κ3) is 2.43. The van der Waals surface area contributed by atoms with Gasteiger partial charge < -0.3 is 0 Å². The van der Waals surface area contributed by atoms with Crippen molar-refractivity contribution < 1.29 is 0 Å². The Labute approximate surface area is 82.0 Å². The Balaban J connectivity index is 3.04. The van der Waals surface area contributed by atoms with Crippen LogP contribution in [-0.4, -0.2) is 17.9 Å². The van der Waals surface area contributed by atoms with Gasteiger partial charge in [-0.25, -0.2) is 0 Å². The van der Waals surface area contributed by atoms with Gasteiger partial charge in [0.05, 0.1) is 13.8 Å². The molecule has 0 aliphatic heterocycles. The van der Waals surface area contributed by atoms with E-state index in [1.807, 2.05) is 11.7 Å². The van der Waals surface area contributed by atoms with Crippen LogP contribution < -0.4 is 5.19 Å². The van der Waals surface area contributed by atoms with Gasteiger partial charge in [-0.15, -0.1) is 0 Å². The lowest BCUT2D eigenvalue weighted by atomic mass is 10.2. The second-order valence-electron chi connectivity index (χ2n) is 4.66. The first kappa shape index (κ1) is 10.5. The molecule has 0 spiro atoms. The number of hydrogen-bond acceptors (Lipinski definition) is 1. The Morgan fingerprint density at radius 1 is 1.38 bits per heavy atom. The summed E-state index contributed by atoms with van der Waals surface area (Å²) in [5.74, 6) is 0. The van der Waals surface area contributed by atoms with E-state index in [0.29, 0.717) is 0 Å². The molecule has 0 atom stereocenters. The van der Waals surface area contributed by atoms with Gasteiger partial charge in [-0.2, -0.15) is 5.10 Å². The Morgan fingerprint density at radius 3 is 2.46 bits per heavy atom. The van der Waals surface area contributed by atoms with Crippen molar-refractivity contribution in [2.24, 2.45) is 7.05 Å². The zero-order chi connectivity index (χ0) is 10.1. The molecule has 1 rings (SSSR count). The average molecular weight is 196 g/mol. The highest BCUT2D eigenvalue weighted by molar-refractivity contribution is 6.88. The minimum absolute atomic E-state index is 1.13. The normalized spacial score (nSPS) is 12.1. The maximum Gasteiger partial charge on any atom is 0.0820 e. The van der Waals surface area contributed by atoms with Crippen LogP contribution >= 0.6 is 0 Å². The highest BCUT2D eigenvalue weighted by Gasteiger charge is 2.22. The molecule has 13 heavy (non-hydrogen) atoms. The molecule has 1 heterocycles. The van der Waals surface area contributed by atoms with Gasteiger partial charge in [-0.1, -0.05) is 33.0 Å². The first-order valence-electron chi connectivity index (χ1n) is 4.98. The molecule has 1 aromatic rings. The van der Waals surface area contributed by atoms with Gasteiger partial charge >= 0.3 is 0 Å². The van der Waals surface area contributed by atoms with Crippen molar-refractivity contribution in [3.8, 4) is 0 Å². The summed E-state index contributed by atoms with van der Waals surface area (Å²) < 4.78 is 1.96. The molecule has 0 saturated heterocycles. The van der Waals surface area contributed by atoms with Crippen molar-refractivity contribution in [1.82, 2.24) is 9.78 Å². The molecular weight excluding hydrogens is 176 g/mol. The molecule has 0 N–H and O–H groups in total. The summed E-state index contributed by atoms with van der Waals surface area (Å²) in [5.41, 5.74) is 1.32. The van der Waals surface area contributed by atoms with Gasteiger partial charge in [0.1, 0.15) is 0 Å². The monoisotopic (exact) mass is 196 g/mol. The smallest absolute Gasteiger partial charge is 0.0820 e. The zero-order valence-electron chi connectivity index (χ0n) is 9.39. The largest absolute Gasteiger partial charge is 0.276 e. The lowest BCUT2D eigenvalue weighted by Gasteiger charge is -2.15. The minimum atomic E-state index is -1.18. The number of hydrogen-bond donors (Lipinski definition) is 0. The summed E-state index contributed by atoms with van der Waals surface area (Å²) in [4.78, 5) is 0. The number of aryl methyl sites for hydroxylation is 2. The van der Waals surface area contributed by atoms with Crippen molar-refractivity contribution in [2.45, 2.75) is 39.4 Å². The van der Waals surface area contributed by atoms with Crippen molar-refractivity contribution in [3.63, 3.8) is 0 Å². The fourth-order valence-electron chi connectivity index (χ4n) is 1.58. The summed E-state index contributed by atoms with van der Waals surface area (Å²) in [7, 11) is 0.839. The van der Waals surface area contributed by atoms with Crippen molar-refractivity contribution in [2.75, 3.05) is 0 Å². The predicted octanol–water partition coefficient (Wildman–Crippen LogP) is 1.92. The van der Waals surface area contributed by atoms with E-state index in [2.05, 4.69) is 37.9 Å². The van der Waals surface area contributed by atoms with Crippen LogP contribution in [0.1, 0.15) is 19.0 Å². The van der Waals surface area contributed by atoms with E-state index in [0.717, 1.165) is 6.42 Å².